The summed E-state index contributed by atoms with van der Waals surface area (Å²) in [7, 11) is 1.69. The molecule has 9 heteroatoms. The Morgan fingerprint density at radius 1 is 1.17 bits per heavy atom. The summed E-state index contributed by atoms with van der Waals surface area (Å²) >= 11 is 6.27. The van der Waals surface area contributed by atoms with Gasteiger partial charge < -0.3 is 9.64 Å². The molecule has 4 rings (SSSR count). The van der Waals surface area contributed by atoms with Gasteiger partial charge in [-0.25, -0.2) is 9.79 Å². The molecule has 3 aliphatic rings. The lowest BCUT2D eigenvalue weighted by Gasteiger charge is -2.40. The number of nitrogens with zero attached hydrogens (tertiary/aromatic N) is 5. The molecular formula is C21H26ClN5O3. The fraction of sp³-hybridized carbons (Fsp3) is 0.476. The topological polar surface area (TPSA) is 68.7 Å². The summed E-state index contributed by atoms with van der Waals surface area (Å²) < 4.78 is 5.37. The summed E-state index contributed by atoms with van der Waals surface area (Å²) in [5.74, 6) is 0.392. The summed E-state index contributed by atoms with van der Waals surface area (Å²) in [4.78, 5) is 37.8. The Morgan fingerprint density at radius 3 is 2.60 bits per heavy atom. The smallest absolute Gasteiger partial charge is 0.328 e. The first-order chi connectivity index (χ1) is 14.3. The number of rotatable bonds is 5. The van der Waals surface area contributed by atoms with Crippen molar-refractivity contribution >= 4 is 35.2 Å². The zero-order valence-corrected chi connectivity index (χ0v) is 18.6. The molecule has 1 aromatic rings. The first-order valence-electron chi connectivity index (χ1n) is 10.0. The molecule has 0 aromatic heterocycles. The van der Waals surface area contributed by atoms with Crippen molar-refractivity contribution in [1.29, 1.82) is 0 Å². The number of benzene rings is 1. The second kappa shape index (κ2) is 7.59. The molecule has 0 aliphatic carbocycles. The minimum absolute atomic E-state index is 0.223. The monoisotopic (exact) mass is 431 g/mol. The van der Waals surface area contributed by atoms with Crippen LogP contribution in [0.5, 0.6) is 0 Å². The lowest BCUT2D eigenvalue weighted by molar-refractivity contribution is -0.137. The molecule has 1 saturated heterocycles. The van der Waals surface area contributed by atoms with Crippen molar-refractivity contribution in [3.8, 4) is 0 Å². The molecule has 3 heterocycles. The number of imide groups is 1. The van der Waals surface area contributed by atoms with Crippen LogP contribution in [0.3, 0.4) is 0 Å². The number of allylic oxidation sites excluding steroid dienone is 2. The Bertz CT molecular complexity index is 975. The van der Waals surface area contributed by atoms with Gasteiger partial charge in [-0.15, -0.1) is 0 Å². The first-order valence-corrected chi connectivity index (χ1v) is 10.4. The zero-order valence-electron chi connectivity index (χ0n) is 17.8. The first kappa shape index (κ1) is 20.7. The number of carbonyl (C=O) groups excluding carboxylic acids is 2. The fourth-order valence-electron chi connectivity index (χ4n) is 4.23. The number of amides is 3. The van der Waals surface area contributed by atoms with E-state index in [0.29, 0.717) is 24.2 Å². The van der Waals surface area contributed by atoms with Crippen LogP contribution >= 0.6 is 11.6 Å². The van der Waals surface area contributed by atoms with Crippen LogP contribution in [0.25, 0.3) is 0 Å². The highest BCUT2D eigenvalue weighted by atomic mass is 35.5. The van der Waals surface area contributed by atoms with Crippen LogP contribution in [-0.2, 0) is 9.53 Å². The number of guanidine groups is 1. The van der Waals surface area contributed by atoms with E-state index in [4.69, 9.17) is 21.3 Å². The number of halogens is 1. The van der Waals surface area contributed by atoms with Crippen LogP contribution in [0.15, 0.2) is 34.6 Å². The number of fused-ring (bicyclic) bond motifs is 3. The van der Waals surface area contributed by atoms with Gasteiger partial charge in [0.05, 0.1) is 18.8 Å². The van der Waals surface area contributed by atoms with Gasteiger partial charge in [0, 0.05) is 30.1 Å². The quantitative estimate of drug-likeness (QED) is 0.670. The molecule has 1 fully saturated rings. The van der Waals surface area contributed by atoms with E-state index in [1.807, 2.05) is 55.7 Å². The third-order valence-electron chi connectivity index (χ3n) is 5.97. The van der Waals surface area contributed by atoms with Crippen LogP contribution in [0.2, 0.25) is 5.02 Å². The highest BCUT2D eigenvalue weighted by Crippen LogP contribution is 2.41. The minimum Gasteiger partial charge on any atom is -0.380 e. The van der Waals surface area contributed by atoms with Gasteiger partial charge in [-0.05, 0) is 45.4 Å². The normalized spacial score (nSPS) is 23.5. The summed E-state index contributed by atoms with van der Waals surface area (Å²) in [6, 6.07) is 4.76. The molecule has 2 atom stereocenters. The van der Waals surface area contributed by atoms with Gasteiger partial charge in [0.15, 0.2) is 12.2 Å². The standard InChI is InChI=1S/C21H26ClN5O3/c1-6-30-10-9-25-19(28)17-18(24(5)21(25)29)23-20-26(13(3)14(4)27(17)20)16-11-15(22)8-7-12(16)2/h7-8,11,17-18H,6,9-10H2,1-5H3. The minimum atomic E-state index is -0.594. The molecule has 0 N–H and O–H groups in total. The fourth-order valence-corrected chi connectivity index (χ4v) is 4.40. The number of urea groups is 1. The second-order valence-corrected chi connectivity index (χ2v) is 8.11. The summed E-state index contributed by atoms with van der Waals surface area (Å²) in [5, 5.41) is 0.626. The molecule has 1 aromatic carbocycles. The molecule has 3 amide bonds. The maximum absolute atomic E-state index is 13.4. The Labute approximate surface area is 181 Å². The van der Waals surface area contributed by atoms with Gasteiger partial charge in [-0.3, -0.25) is 19.5 Å². The number of ether oxygens (including phenoxy) is 1. The number of hydrogen-bond acceptors (Lipinski definition) is 6. The third kappa shape index (κ3) is 2.97. The van der Waals surface area contributed by atoms with E-state index in [1.165, 1.54) is 9.80 Å². The van der Waals surface area contributed by atoms with E-state index in [1.54, 1.807) is 7.05 Å². The average molecular weight is 432 g/mol. The number of carbonyl (C=O) groups is 2. The van der Waals surface area contributed by atoms with Gasteiger partial charge in [0.1, 0.15) is 0 Å². The van der Waals surface area contributed by atoms with E-state index >= 15 is 0 Å². The predicted molar refractivity (Wildman–Crippen MR) is 115 cm³/mol. The Kier molecular flexibility index (Phi) is 5.23. The Balaban J connectivity index is 1.73. The van der Waals surface area contributed by atoms with E-state index in [-0.39, 0.29) is 18.5 Å². The SMILES string of the molecule is CCOCCN1C(=O)C2C(N=C3N(c4cc(Cl)ccc4C)C(C)=C(C)N32)N(C)C1=O. The maximum Gasteiger partial charge on any atom is 0.328 e. The van der Waals surface area contributed by atoms with Crippen LogP contribution in [0.1, 0.15) is 26.3 Å². The molecule has 0 radical (unpaired) electrons. The maximum atomic E-state index is 13.4. The average Bonchev–Trinajstić information content (AvgIpc) is 3.21. The number of hydrogen-bond donors (Lipinski definition) is 0. The van der Waals surface area contributed by atoms with Crippen LogP contribution in [0.4, 0.5) is 10.5 Å². The van der Waals surface area contributed by atoms with Gasteiger partial charge in [-0.1, -0.05) is 17.7 Å². The van der Waals surface area contributed by atoms with Gasteiger partial charge in [0.2, 0.25) is 5.96 Å². The van der Waals surface area contributed by atoms with Gasteiger partial charge in [0.25, 0.3) is 5.91 Å². The predicted octanol–water partition coefficient (Wildman–Crippen LogP) is 3.02. The molecule has 160 valence electrons. The highest BCUT2D eigenvalue weighted by molar-refractivity contribution is 6.31. The Morgan fingerprint density at radius 2 is 1.90 bits per heavy atom. The van der Waals surface area contributed by atoms with Gasteiger partial charge >= 0.3 is 6.03 Å². The third-order valence-corrected chi connectivity index (χ3v) is 6.20. The highest BCUT2D eigenvalue weighted by Gasteiger charge is 2.55. The van der Waals surface area contributed by atoms with Crippen molar-refractivity contribution in [3.63, 3.8) is 0 Å². The van der Waals surface area contributed by atoms with Crippen LogP contribution < -0.4 is 4.90 Å². The van der Waals surface area contributed by atoms with Crippen molar-refractivity contribution in [2.75, 3.05) is 31.7 Å². The molecular weight excluding hydrogens is 406 g/mol. The summed E-state index contributed by atoms with van der Waals surface area (Å²) in [6.07, 6.45) is -0.576. The van der Waals surface area contributed by atoms with Crippen molar-refractivity contribution in [2.24, 2.45) is 4.99 Å². The van der Waals surface area contributed by atoms with Crippen molar-refractivity contribution in [2.45, 2.75) is 39.9 Å². The molecule has 30 heavy (non-hydrogen) atoms. The number of likely N-dealkylation sites (N-methyl/N-ethyl adjacent to an activating group) is 1. The van der Waals surface area contributed by atoms with Crippen LogP contribution in [-0.4, -0.2) is 71.6 Å². The van der Waals surface area contributed by atoms with Crippen molar-refractivity contribution < 1.29 is 14.3 Å². The summed E-state index contributed by atoms with van der Waals surface area (Å²) in [5.41, 5.74) is 3.86. The van der Waals surface area contributed by atoms with Crippen LogP contribution in [0, 0.1) is 6.92 Å². The van der Waals surface area contributed by atoms with Crippen molar-refractivity contribution in [3.05, 3.63) is 40.2 Å². The second-order valence-electron chi connectivity index (χ2n) is 7.67. The molecule has 8 nitrogen and oxygen atoms in total. The summed E-state index contributed by atoms with van der Waals surface area (Å²) in [6.45, 7) is 8.94. The largest absolute Gasteiger partial charge is 0.380 e. The van der Waals surface area contributed by atoms with Crippen molar-refractivity contribution in [1.82, 2.24) is 14.7 Å². The molecule has 3 aliphatic heterocycles. The van der Waals surface area contributed by atoms with E-state index in [0.717, 1.165) is 22.6 Å². The molecule has 0 spiro atoms. The number of anilines is 1. The zero-order chi connectivity index (χ0) is 21.7. The van der Waals surface area contributed by atoms with Gasteiger partial charge in [-0.2, -0.15) is 0 Å². The Hall–Kier alpha value is -2.58. The lowest BCUT2D eigenvalue weighted by atomic mass is 10.1. The molecule has 0 saturated carbocycles. The molecule has 2 unspecified atom stereocenters. The van der Waals surface area contributed by atoms with E-state index < -0.39 is 12.2 Å². The lowest BCUT2D eigenvalue weighted by Crippen LogP contribution is -2.65. The molecule has 0 bridgehead atoms. The van der Waals surface area contributed by atoms with E-state index in [9.17, 15) is 9.59 Å². The number of aliphatic imine (C=N–C) groups is 1. The van der Waals surface area contributed by atoms with E-state index in [2.05, 4.69) is 0 Å². The number of aryl methyl sites for hydroxylation is 1.